The Morgan fingerprint density at radius 1 is 1.07 bits per heavy atom. The lowest BCUT2D eigenvalue weighted by atomic mass is 10.1. The second kappa shape index (κ2) is 6.43. The van der Waals surface area contributed by atoms with Gasteiger partial charge in [-0.25, -0.2) is 14.5 Å². The van der Waals surface area contributed by atoms with Crippen LogP contribution in [0.25, 0.3) is 28.1 Å². The number of benzene rings is 1. The van der Waals surface area contributed by atoms with Gasteiger partial charge in [0.05, 0.1) is 33.6 Å². The Balaban J connectivity index is 2.00. The van der Waals surface area contributed by atoms with Gasteiger partial charge >= 0.3 is 12.1 Å². The number of halogens is 3. The van der Waals surface area contributed by atoms with Crippen LogP contribution in [0.15, 0.2) is 42.6 Å². The topological polar surface area (TPSA) is 85.8 Å². The molecular weight excluding hydrogens is 387 g/mol. The Labute approximate surface area is 162 Å². The number of aromatic carboxylic acids is 1. The maximum Gasteiger partial charge on any atom is 0.417 e. The van der Waals surface area contributed by atoms with Gasteiger partial charge in [0.1, 0.15) is 5.69 Å². The molecule has 3 aromatic heterocycles. The van der Waals surface area contributed by atoms with Crippen molar-refractivity contribution in [3.8, 4) is 17.1 Å². The van der Waals surface area contributed by atoms with Crippen LogP contribution in [0, 0.1) is 6.92 Å². The molecule has 10 heteroatoms. The lowest BCUT2D eigenvalue weighted by Crippen LogP contribution is -2.08. The molecular formula is C19H14F3N5O2. The highest BCUT2D eigenvalue weighted by Gasteiger charge is 2.36. The zero-order valence-corrected chi connectivity index (χ0v) is 15.3. The SMILES string of the molecule is Cc1nn(-c2ccc(C(=O)O)cc2)c2nc(-c3ccn(C)n3)cc(C(F)(F)F)c12. The minimum absolute atomic E-state index is 0.0149. The average molecular weight is 401 g/mol. The van der Waals surface area contributed by atoms with Crippen molar-refractivity contribution < 1.29 is 23.1 Å². The van der Waals surface area contributed by atoms with Crippen molar-refractivity contribution in [2.75, 3.05) is 0 Å². The molecule has 148 valence electrons. The number of carbonyl (C=O) groups is 1. The molecule has 3 heterocycles. The Bertz CT molecular complexity index is 1240. The first-order valence-corrected chi connectivity index (χ1v) is 8.46. The van der Waals surface area contributed by atoms with Gasteiger partial charge in [-0.1, -0.05) is 0 Å². The number of pyridine rings is 1. The molecule has 0 amide bonds. The summed E-state index contributed by atoms with van der Waals surface area (Å²) in [6, 6.07) is 8.19. The molecule has 0 saturated carbocycles. The highest BCUT2D eigenvalue weighted by atomic mass is 19.4. The lowest BCUT2D eigenvalue weighted by molar-refractivity contribution is -0.136. The van der Waals surface area contributed by atoms with Gasteiger partial charge < -0.3 is 5.11 Å². The first-order chi connectivity index (χ1) is 13.6. The van der Waals surface area contributed by atoms with Crippen molar-refractivity contribution in [3.63, 3.8) is 0 Å². The normalized spacial score (nSPS) is 11.9. The van der Waals surface area contributed by atoms with E-state index >= 15 is 0 Å². The first-order valence-electron chi connectivity index (χ1n) is 8.46. The van der Waals surface area contributed by atoms with Crippen LogP contribution in [0.3, 0.4) is 0 Å². The van der Waals surface area contributed by atoms with E-state index in [2.05, 4.69) is 15.2 Å². The zero-order valence-electron chi connectivity index (χ0n) is 15.3. The molecule has 0 spiro atoms. The van der Waals surface area contributed by atoms with Gasteiger partial charge in [0.25, 0.3) is 0 Å². The molecule has 0 aliphatic carbocycles. The second-order valence-electron chi connectivity index (χ2n) is 6.48. The molecule has 0 atom stereocenters. The van der Waals surface area contributed by atoms with Crippen LogP contribution < -0.4 is 0 Å². The van der Waals surface area contributed by atoms with E-state index < -0.39 is 17.7 Å². The van der Waals surface area contributed by atoms with Gasteiger partial charge in [-0.2, -0.15) is 23.4 Å². The number of hydrogen-bond donors (Lipinski definition) is 1. The van der Waals surface area contributed by atoms with Crippen LogP contribution in [-0.2, 0) is 13.2 Å². The fourth-order valence-corrected chi connectivity index (χ4v) is 3.12. The Morgan fingerprint density at radius 3 is 2.31 bits per heavy atom. The van der Waals surface area contributed by atoms with Crippen LogP contribution in [0.4, 0.5) is 13.2 Å². The highest BCUT2D eigenvalue weighted by Crippen LogP contribution is 2.38. The van der Waals surface area contributed by atoms with E-state index in [1.165, 1.54) is 40.6 Å². The van der Waals surface area contributed by atoms with Crippen molar-refractivity contribution in [2.45, 2.75) is 13.1 Å². The maximum absolute atomic E-state index is 13.8. The number of nitrogens with zero attached hydrogens (tertiary/aromatic N) is 5. The highest BCUT2D eigenvalue weighted by molar-refractivity contribution is 5.88. The summed E-state index contributed by atoms with van der Waals surface area (Å²) in [5.74, 6) is -1.10. The van der Waals surface area contributed by atoms with E-state index in [9.17, 15) is 18.0 Å². The van der Waals surface area contributed by atoms with E-state index in [1.54, 1.807) is 19.3 Å². The third kappa shape index (κ3) is 3.22. The minimum Gasteiger partial charge on any atom is -0.478 e. The van der Waals surface area contributed by atoms with Crippen LogP contribution in [0.5, 0.6) is 0 Å². The molecule has 0 bridgehead atoms. The van der Waals surface area contributed by atoms with Crippen LogP contribution in [-0.4, -0.2) is 35.6 Å². The predicted molar refractivity (Wildman–Crippen MR) is 97.8 cm³/mol. The number of rotatable bonds is 3. The van der Waals surface area contributed by atoms with Crippen molar-refractivity contribution in [2.24, 2.45) is 7.05 Å². The van der Waals surface area contributed by atoms with Gasteiger partial charge in [0, 0.05) is 13.2 Å². The molecule has 1 aromatic carbocycles. The fourth-order valence-electron chi connectivity index (χ4n) is 3.12. The Hall–Kier alpha value is -3.69. The Kier molecular flexibility index (Phi) is 4.14. The maximum atomic E-state index is 13.8. The summed E-state index contributed by atoms with van der Waals surface area (Å²) < 4.78 is 44.1. The monoisotopic (exact) mass is 401 g/mol. The molecule has 1 N–H and O–H groups in total. The van der Waals surface area contributed by atoms with E-state index in [-0.39, 0.29) is 28.0 Å². The second-order valence-corrected chi connectivity index (χ2v) is 6.48. The summed E-state index contributed by atoms with van der Waals surface area (Å²) in [5, 5.41) is 17.3. The molecule has 29 heavy (non-hydrogen) atoms. The smallest absolute Gasteiger partial charge is 0.417 e. The number of aryl methyl sites for hydroxylation is 2. The van der Waals surface area contributed by atoms with Crippen LogP contribution >= 0.6 is 0 Å². The van der Waals surface area contributed by atoms with Crippen molar-refractivity contribution in [3.05, 3.63) is 59.4 Å². The summed E-state index contributed by atoms with van der Waals surface area (Å²) >= 11 is 0. The van der Waals surface area contributed by atoms with Gasteiger partial charge in [0.15, 0.2) is 5.65 Å². The van der Waals surface area contributed by atoms with Crippen molar-refractivity contribution in [1.82, 2.24) is 24.5 Å². The molecule has 4 aromatic rings. The van der Waals surface area contributed by atoms with E-state index in [4.69, 9.17) is 5.11 Å². The van der Waals surface area contributed by atoms with Crippen molar-refractivity contribution >= 4 is 17.0 Å². The largest absolute Gasteiger partial charge is 0.478 e. The van der Waals surface area contributed by atoms with Gasteiger partial charge in [-0.15, -0.1) is 0 Å². The van der Waals surface area contributed by atoms with Gasteiger partial charge in [-0.05, 0) is 43.3 Å². The summed E-state index contributed by atoms with van der Waals surface area (Å²) in [6.45, 7) is 1.47. The molecule has 4 rings (SSSR count). The first kappa shape index (κ1) is 18.7. The summed E-state index contributed by atoms with van der Waals surface area (Å²) in [4.78, 5) is 15.5. The molecule has 0 saturated heterocycles. The average Bonchev–Trinajstić information content (AvgIpc) is 3.24. The standard InChI is InChI=1S/C19H14F3N5O2/c1-10-16-13(19(20,21)22)9-15(14-7-8-26(2)25-14)23-17(16)27(24-10)12-5-3-11(4-6-12)18(28)29/h3-9H,1-2H3,(H,28,29). The number of carboxylic acid groups (broad SMARTS) is 1. The minimum atomic E-state index is -4.61. The predicted octanol–water partition coefficient (Wildman–Crippen LogP) is 3.85. The quantitative estimate of drug-likeness (QED) is 0.564. The van der Waals surface area contributed by atoms with E-state index in [1.807, 2.05) is 0 Å². The number of hydrogen-bond acceptors (Lipinski definition) is 4. The number of aromatic nitrogens is 5. The fraction of sp³-hybridized carbons (Fsp3) is 0.158. The molecule has 0 radical (unpaired) electrons. The number of fused-ring (bicyclic) bond motifs is 1. The molecule has 0 aliphatic rings. The van der Waals surface area contributed by atoms with E-state index in [0.717, 1.165) is 6.07 Å². The molecule has 0 fully saturated rings. The van der Waals surface area contributed by atoms with Crippen LogP contribution in [0.2, 0.25) is 0 Å². The molecule has 7 nitrogen and oxygen atoms in total. The Morgan fingerprint density at radius 2 is 1.76 bits per heavy atom. The zero-order chi connectivity index (χ0) is 20.9. The third-order valence-electron chi connectivity index (χ3n) is 4.45. The summed E-state index contributed by atoms with van der Waals surface area (Å²) in [6.07, 6.45) is -3.00. The third-order valence-corrected chi connectivity index (χ3v) is 4.45. The molecule has 0 unspecified atom stereocenters. The molecule has 0 aliphatic heterocycles. The number of carboxylic acids is 1. The van der Waals surface area contributed by atoms with Crippen molar-refractivity contribution in [1.29, 1.82) is 0 Å². The summed E-state index contributed by atoms with van der Waals surface area (Å²) in [5.41, 5.74) is 0.136. The van der Waals surface area contributed by atoms with Gasteiger partial charge in [0.2, 0.25) is 0 Å². The van der Waals surface area contributed by atoms with Gasteiger partial charge in [-0.3, -0.25) is 4.68 Å². The summed E-state index contributed by atoms with van der Waals surface area (Å²) in [7, 11) is 1.66. The lowest BCUT2D eigenvalue weighted by Gasteiger charge is -2.11. The van der Waals surface area contributed by atoms with Crippen LogP contribution in [0.1, 0.15) is 21.6 Å². The van der Waals surface area contributed by atoms with E-state index in [0.29, 0.717) is 11.4 Å². The number of alkyl halides is 3.